The third kappa shape index (κ3) is 17.7. The minimum atomic E-state index is 0. The van der Waals surface area contributed by atoms with E-state index in [4.69, 9.17) is 0 Å². The Balaban J connectivity index is 0. The average Bonchev–Trinajstić information content (AvgIpc) is 0. The second kappa shape index (κ2) is 23.4. The predicted octanol–water partition coefficient (Wildman–Crippen LogP) is 0.209. The van der Waals surface area contributed by atoms with Gasteiger partial charge in [0, 0.05) is 0 Å². The summed E-state index contributed by atoms with van der Waals surface area (Å²) in [6.45, 7) is 0. The van der Waals surface area contributed by atoms with Gasteiger partial charge in [-0.2, -0.15) is 0 Å². The van der Waals surface area contributed by atoms with Crippen LogP contribution in [0.1, 0.15) is 0 Å². The van der Waals surface area contributed by atoms with Crippen molar-refractivity contribution < 1.29 is 0 Å². The molecule has 2 radical (unpaired) electrons. The molecule has 0 amide bonds. The topological polar surface area (TPSA) is 0 Å². The van der Waals surface area contributed by atoms with E-state index in [1.165, 1.54) is 0 Å². The standard InChI is InChI=1S/2BrH.Cs.HI.Pb.3H/h2*1H;;1H;;;;. The first-order valence-corrected chi connectivity index (χ1v) is 0. The minimum absolute atomic E-state index is 0. The second-order valence-corrected chi connectivity index (χ2v) is 0. The normalized spacial score (nSPS) is 0. The number of hydrogen-bond donors (Lipinski definition) is 0. The van der Waals surface area contributed by atoms with Crippen LogP contribution < -0.4 is 0 Å². The van der Waals surface area contributed by atoms with E-state index in [0.717, 1.165) is 0 Å². The van der Waals surface area contributed by atoms with Crippen LogP contribution in [-0.2, 0) is 0 Å². The molecule has 0 spiro atoms. The molecule has 5 heavy (non-hydrogen) atoms. The molecule has 32 valence electrons. The summed E-state index contributed by atoms with van der Waals surface area (Å²) < 4.78 is 0. The molecule has 0 saturated heterocycles. The summed E-state index contributed by atoms with van der Waals surface area (Å²) in [5.74, 6) is 0. The summed E-state index contributed by atoms with van der Waals surface area (Å²) in [6, 6.07) is 0. The van der Waals surface area contributed by atoms with Crippen molar-refractivity contribution in [2.45, 2.75) is 0 Å². The summed E-state index contributed by atoms with van der Waals surface area (Å²) in [4.78, 5) is 0. The van der Waals surface area contributed by atoms with Crippen LogP contribution in [0.4, 0.5) is 0 Å². The molecule has 0 nitrogen and oxygen atoms in total. The summed E-state index contributed by atoms with van der Waals surface area (Å²) in [5.41, 5.74) is 0. The van der Waals surface area contributed by atoms with E-state index in [1.807, 2.05) is 0 Å². The Kier molecular flexibility index (Phi) is 156. The van der Waals surface area contributed by atoms with Crippen LogP contribution in [0.15, 0.2) is 0 Å². The number of hydrogen-bond acceptors (Lipinski definition) is 0. The predicted molar refractivity (Wildman–Crippen MR) is 51.8 cm³/mol. The van der Waals surface area contributed by atoms with Gasteiger partial charge in [0.05, 0.1) is 0 Å². The Morgan fingerprint density at radius 3 is 0.800 bits per heavy atom. The molecule has 0 aliphatic rings. The fraction of sp³-hybridized carbons (Fsp3) is 0. The van der Waals surface area contributed by atoms with Crippen molar-refractivity contribution >= 4 is 154 Å². The van der Waals surface area contributed by atoms with Crippen LogP contribution >= 0.6 is 57.9 Å². The Labute approximate surface area is 149 Å². The van der Waals surface area contributed by atoms with E-state index >= 15 is 0 Å². The molecule has 0 atom stereocenters. The zero-order chi connectivity index (χ0) is 0. The molecule has 0 aromatic rings. The number of halogens is 3. The van der Waals surface area contributed by atoms with E-state index < -0.39 is 0 Å². The fourth-order valence-corrected chi connectivity index (χ4v) is 0. The molecule has 0 rings (SSSR count). The molecule has 0 heterocycles. The SMILES string of the molecule is Br.Br.I.[CsH].[PbH2]. The molecule has 0 aromatic carbocycles. The van der Waals surface area contributed by atoms with E-state index in [9.17, 15) is 0 Å². The summed E-state index contributed by atoms with van der Waals surface area (Å²) in [5, 5.41) is 0. The first-order chi connectivity index (χ1) is 0. The molecule has 0 aliphatic carbocycles. The second-order valence-electron chi connectivity index (χ2n) is 0. The first kappa shape index (κ1) is 33.3. The van der Waals surface area contributed by atoms with Crippen LogP contribution in [0.3, 0.4) is 0 Å². The summed E-state index contributed by atoms with van der Waals surface area (Å²) in [7, 11) is 0. The number of rotatable bonds is 0. The van der Waals surface area contributed by atoms with Crippen molar-refractivity contribution in [3.8, 4) is 0 Å². The van der Waals surface area contributed by atoms with Crippen molar-refractivity contribution in [3.63, 3.8) is 0 Å². The Morgan fingerprint density at radius 2 is 0.800 bits per heavy atom. The van der Waals surface area contributed by atoms with Crippen molar-refractivity contribution in [2.24, 2.45) is 0 Å². The van der Waals surface area contributed by atoms with E-state index in [-0.39, 0.29) is 154 Å². The molecule has 0 N–H and O–H groups in total. The molecule has 0 unspecified atom stereocenters. The Hall–Kier alpha value is 4.66. The van der Waals surface area contributed by atoms with Crippen molar-refractivity contribution in [3.05, 3.63) is 0 Å². The van der Waals surface area contributed by atoms with Crippen molar-refractivity contribution in [1.82, 2.24) is 0 Å². The van der Waals surface area contributed by atoms with Gasteiger partial charge in [-0.15, -0.1) is 57.9 Å². The third-order valence-electron chi connectivity index (χ3n) is 0. The van der Waals surface area contributed by atoms with Gasteiger partial charge in [0.1, 0.15) is 0 Å². The van der Waals surface area contributed by atoms with Gasteiger partial charge in [-0.3, -0.25) is 0 Å². The van der Waals surface area contributed by atoms with E-state index in [1.54, 1.807) is 0 Å². The third-order valence-corrected chi connectivity index (χ3v) is 0. The van der Waals surface area contributed by atoms with Gasteiger partial charge in [-0.25, -0.2) is 0 Å². The van der Waals surface area contributed by atoms with Gasteiger partial charge in [0.25, 0.3) is 0 Å². The van der Waals surface area contributed by atoms with Gasteiger partial charge in [0.15, 0.2) is 0 Å². The summed E-state index contributed by atoms with van der Waals surface area (Å²) >= 11 is 0. The maximum atomic E-state index is 0. The molecule has 0 aliphatic heterocycles. The van der Waals surface area contributed by atoms with Gasteiger partial charge in [-0.1, -0.05) is 0 Å². The van der Waals surface area contributed by atoms with Crippen LogP contribution in [-0.4, -0.2) is 96.2 Å². The van der Waals surface area contributed by atoms with Crippen molar-refractivity contribution in [1.29, 1.82) is 0 Å². The Morgan fingerprint density at radius 1 is 0.800 bits per heavy atom. The van der Waals surface area contributed by atoms with Crippen LogP contribution in [0.25, 0.3) is 0 Å². The van der Waals surface area contributed by atoms with Gasteiger partial charge < -0.3 is 0 Å². The van der Waals surface area contributed by atoms with E-state index in [0.29, 0.717) is 0 Å². The van der Waals surface area contributed by atoms with Crippen LogP contribution in [0, 0.1) is 0 Å². The maximum absolute atomic E-state index is 0. The monoisotopic (exact) mass is 632 g/mol. The molecule has 0 bridgehead atoms. The van der Waals surface area contributed by atoms with Crippen LogP contribution in [0.5, 0.6) is 0 Å². The molecule has 5 heteroatoms. The van der Waals surface area contributed by atoms with Crippen LogP contribution in [0.2, 0.25) is 0 Å². The molecule has 0 saturated carbocycles. The quantitative estimate of drug-likeness (QED) is 0.265. The molecular weight excluding hydrogens is 627 g/mol. The van der Waals surface area contributed by atoms with Gasteiger partial charge >= 0.3 is 96.2 Å². The fourth-order valence-electron chi connectivity index (χ4n) is 0. The van der Waals surface area contributed by atoms with E-state index in [2.05, 4.69) is 0 Å². The Bertz CT molecular complexity index is 9.61. The average molecular weight is 633 g/mol. The van der Waals surface area contributed by atoms with Gasteiger partial charge in [-0.05, 0) is 0 Å². The summed E-state index contributed by atoms with van der Waals surface area (Å²) in [6.07, 6.45) is 0. The molecule has 0 fully saturated rings. The van der Waals surface area contributed by atoms with Gasteiger partial charge in [0.2, 0.25) is 0 Å². The first-order valence-electron chi connectivity index (χ1n) is 0. The molecular formula is H6Br2CsIPb. The van der Waals surface area contributed by atoms with Crippen molar-refractivity contribution in [2.75, 3.05) is 0 Å². The molecule has 0 aromatic heterocycles. The zero-order valence-electron chi connectivity index (χ0n) is 1.93. The zero-order valence-corrected chi connectivity index (χ0v) is 13.2.